The van der Waals surface area contributed by atoms with Gasteiger partial charge in [-0.2, -0.15) is 0 Å². The fourth-order valence-electron chi connectivity index (χ4n) is 3.97. The monoisotopic (exact) mass is 523 g/mol. The van der Waals surface area contributed by atoms with Crippen molar-refractivity contribution in [2.24, 2.45) is 0 Å². The largest absolute Gasteiger partial charge is 0.378 e. The number of rotatable bonds is 9. The molecule has 1 N–H and O–H groups in total. The zero-order valence-electron chi connectivity index (χ0n) is 20.9. The van der Waals surface area contributed by atoms with Gasteiger partial charge in [-0.05, 0) is 61.9 Å². The summed E-state index contributed by atoms with van der Waals surface area (Å²) >= 11 is 1.23. The standard InChI is InChI=1S/C27H30FN5O3S/c1-19-15-20(2)30-27(29-19)37-18-26(35)33(16-21-3-5-22(28)6-4-21)17-25(34)31-23-7-9-24(10-8-23)32-11-13-36-14-12-32/h3-10,15H,11-14,16-18H2,1-2H3,(H,31,34). The zero-order valence-corrected chi connectivity index (χ0v) is 21.8. The topological polar surface area (TPSA) is 87.7 Å². The average Bonchev–Trinajstić information content (AvgIpc) is 2.88. The van der Waals surface area contributed by atoms with E-state index in [0.29, 0.717) is 24.1 Å². The number of thioether (sulfide) groups is 1. The molecule has 3 aromatic rings. The van der Waals surface area contributed by atoms with Crippen molar-refractivity contribution in [3.63, 3.8) is 0 Å². The molecule has 194 valence electrons. The lowest BCUT2D eigenvalue weighted by Gasteiger charge is -2.29. The third kappa shape index (κ3) is 7.99. The Balaban J connectivity index is 1.40. The molecule has 1 aliphatic heterocycles. The van der Waals surface area contributed by atoms with Gasteiger partial charge in [0.2, 0.25) is 11.8 Å². The predicted molar refractivity (Wildman–Crippen MR) is 142 cm³/mol. The first-order chi connectivity index (χ1) is 17.9. The summed E-state index contributed by atoms with van der Waals surface area (Å²) in [6.07, 6.45) is 0. The zero-order chi connectivity index (χ0) is 26.2. The summed E-state index contributed by atoms with van der Waals surface area (Å²) in [4.78, 5) is 38.5. The van der Waals surface area contributed by atoms with E-state index in [1.54, 1.807) is 12.1 Å². The lowest BCUT2D eigenvalue weighted by atomic mass is 10.2. The molecule has 1 aromatic heterocycles. The molecule has 8 nitrogen and oxygen atoms in total. The number of anilines is 2. The Hall–Kier alpha value is -3.50. The third-order valence-corrected chi connectivity index (χ3v) is 6.62. The van der Waals surface area contributed by atoms with Crippen LogP contribution in [0.15, 0.2) is 59.8 Å². The van der Waals surface area contributed by atoms with Gasteiger partial charge in [-0.1, -0.05) is 23.9 Å². The molecule has 0 saturated carbocycles. The quantitative estimate of drug-likeness (QED) is 0.337. The maximum absolute atomic E-state index is 13.4. The Morgan fingerprint density at radius 1 is 1.03 bits per heavy atom. The minimum atomic E-state index is -0.359. The van der Waals surface area contributed by atoms with Crippen LogP contribution in [0.3, 0.4) is 0 Å². The highest BCUT2D eigenvalue weighted by molar-refractivity contribution is 7.99. The predicted octanol–water partition coefficient (Wildman–Crippen LogP) is 3.83. The lowest BCUT2D eigenvalue weighted by molar-refractivity contribution is -0.132. The molecular weight excluding hydrogens is 493 g/mol. The lowest BCUT2D eigenvalue weighted by Crippen LogP contribution is -2.38. The molecule has 2 heterocycles. The molecule has 37 heavy (non-hydrogen) atoms. The number of morpholine rings is 1. The van der Waals surface area contributed by atoms with Crippen molar-refractivity contribution in [3.8, 4) is 0 Å². The van der Waals surface area contributed by atoms with Crippen molar-refractivity contribution in [1.82, 2.24) is 14.9 Å². The summed E-state index contributed by atoms with van der Waals surface area (Å²) in [7, 11) is 0. The Morgan fingerprint density at radius 3 is 2.32 bits per heavy atom. The van der Waals surface area contributed by atoms with Crippen LogP contribution in [-0.2, 0) is 20.9 Å². The molecule has 0 unspecified atom stereocenters. The normalized spacial score (nSPS) is 13.3. The smallest absolute Gasteiger partial charge is 0.244 e. The fourth-order valence-corrected chi connectivity index (χ4v) is 4.82. The third-order valence-electron chi connectivity index (χ3n) is 5.79. The van der Waals surface area contributed by atoms with Crippen molar-refractivity contribution in [3.05, 3.63) is 77.4 Å². The number of carbonyl (C=O) groups excluding carboxylic acids is 2. The van der Waals surface area contributed by atoms with Gasteiger partial charge in [0.05, 0.1) is 19.0 Å². The summed E-state index contributed by atoms with van der Waals surface area (Å²) in [5.74, 6) is -0.842. The number of ether oxygens (including phenoxy) is 1. The molecule has 4 rings (SSSR count). The number of aromatic nitrogens is 2. The SMILES string of the molecule is Cc1cc(C)nc(SCC(=O)N(CC(=O)Nc2ccc(N3CCOCC3)cc2)Cc2ccc(F)cc2)n1. The Bertz CT molecular complexity index is 1200. The summed E-state index contributed by atoms with van der Waals surface area (Å²) in [6.45, 7) is 6.84. The van der Waals surface area contributed by atoms with Gasteiger partial charge in [-0.3, -0.25) is 9.59 Å². The van der Waals surface area contributed by atoms with Gasteiger partial charge in [0.1, 0.15) is 12.4 Å². The second-order valence-corrected chi connectivity index (χ2v) is 9.74. The van der Waals surface area contributed by atoms with Crippen LogP contribution in [0.2, 0.25) is 0 Å². The number of aryl methyl sites for hydroxylation is 2. The number of nitrogens with one attached hydrogen (secondary N) is 1. The number of carbonyl (C=O) groups is 2. The van der Waals surface area contributed by atoms with E-state index in [0.717, 1.165) is 35.7 Å². The Morgan fingerprint density at radius 2 is 1.68 bits per heavy atom. The first-order valence-corrected chi connectivity index (χ1v) is 13.0. The molecule has 1 aliphatic rings. The van der Waals surface area contributed by atoms with Gasteiger partial charge >= 0.3 is 0 Å². The van der Waals surface area contributed by atoms with Crippen molar-refractivity contribution >= 4 is 35.0 Å². The Kier molecular flexibility index (Phi) is 9.08. The van der Waals surface area contributed by atoms with Gasteiger partial charge < -0.3 is 19.9 Å². The van der Waals surface area contributed by atoms with Gasteiger partial charge in [0.25, 0.3) is 0 Å². The minimum Gasteiger partial charge on any atom is -0.378 e. The van der Waals surface area contributed by atoms with Gasteiger partial charge in [0.15, 0.2) is 5.16 Å². The van der Waals surface area contributed by atoms with Crippen LogP contribution in [0.4, 0.5) is 15.8 Å². The van der Waals surface area contributed by atoms with E-state index in [9.17, 15) is 14.0 Å². The van der Waals surface area contributed by atoms with E-state index in [2.05, 4.69) is 20.2 Å². The minimum absolute atomic E-state index is 0.0750. The highest BCUT2D eigenvalue weighted by Gasteiger charge is 2.19. The van der Waals surface area contributed by atoms with E-state index in [1.807, 2.05) is 44.2 Å². The average molecular weight is 524 g/mol. The van der Waals surface area contributed by atoms with Gasteiger partial charge in [0, 0.05) is 42.4 Å². The van der Waals surface area contributed by atoms with Crippen LogP contribution in [0.5, 0.6) is 0 Å². The molecule has 0 spiro atoms. The highest BCUT2D eigenvalue weighted by Crippen LogP contribution is 2.20. The van der Waals surface area contributed by atoms with Crippen LogP contribution in [0.1, 0.15) is 17.0 Å². The Labute approximate surface area is 220 Å². The van der Waals surface area contributed by atoms with E-state index >= 15 is 0 Å². The van der Waals surface area contributed by atoms with Gasteiger partial charge in [-0.25, -0.2) is 14.4 Å². The molecule has 1 fully saturated rings. The number of benzene rings is 2. The van der Waals surface area contributed by atoms with Crippen LogP contribution >= 0.6 is 11.8 Å². The number of amides is 2. The van der Waals surface area contributed by atoms with Crippen LogP contribution in [0.25, 0.3) is 0 Å². The molecule has 2 amide bonds. The van der Waals surface area contributed by atoms with Crippen molar-refractivity contribution in [1.29, 1.82) is 0 Å². The van der Waals surface area contributed by atoms with Crippen LogP contribution in [0, 0.1) is 19.7 Å². The molecule has 0 aliphatic carbocycles. The van der Waals surface area contributed by atoms with E-state index in [4.69, 9.17) is 4.74 Å². The summed E-state index contributed by atoms with van der Waals surface area (Å²) in [6, 6.07) is 15.4. The molecule has 10 heteroatoms. The first kappa shape index (κ1) is 26.6. The molecule has 0 bridgehead atoms. The van der Waals surface area contributed by atoms with E-state index in [1.165, 1.54) is 28.8 Å². The first-order valence-electron chi connectivity index (χ1n) is 12.1. The summed E-state index contributed by atoms with van der Waals surface area (Å²) in [5.41, 5.74) is 4.09. The summed E-state index contributed by atoms with van der Waals surface area (Å²) in [5, 5.41) is 3.38. The molecule has 0 radical (unpaired) electrons. The molecule has 1 saturated heterocycles. The second kappa shape index (κ2) is 12.6. The van der Waals surface area contributed by atoms with E-state index in [-0.39, 0.29) is 36.5 Å². The molecule has 2 aromatic carbocycles. The van der Waals surface area contributed by atoms with Crippen molar-refractivity contribution in [2.75, 3.05) is 48.8 Å². The molecule has 0 atom stereocenters. The highest BCUT2D eigenvalue weighted by atomic mass is 32.2. The summed E-state index contributed by atoms with van der Waals surface area (Å²) < 4.78 is 18.8. The van der Waals surface area contributed by atoms with Crippen LogP contribution < -0.4 is 10.2 Å². The number of halogens is 1. The van der Waals surface area contributed by atoms with Crippen molar-refractivity contribution in [2.45, 2.75) is 25.5 Å². The van der Waals surface area contributed by atoms with Gasteiger partial charge in [-0.15, -0.1) is 0 Å². The maximum atomic E-state index is 13.4. The van der Waals surface area contributed by atoms with E-state index < -0.39 is 0 Å². The number of nitrogens with zero attached hydrogens (tertiary/aromatic N) is 4. The maximum Gasteiger partial charge on any atom is 0.244 e. The number of hydrogen-bond acceptors (Lipinski definition) is 7. The fraction of sp³-hybridized carbons (Fsp3) is 0.333. The number of hydrogen-bond donors (Lipinski definition) is 1. The van der Waals surface area contributed by atoms with Crippen LogP contribution in [-0.4, -0.2) is 65.3 Å². The molecular formula is C27H30FN5O3S. The second-order valence-electron chi connectivity index (χ2n) is 8.79. The van der Waals surface area contributed by atoms with Crippen molar-refractivity contribution < 1.29 is 18.7 Å².